The van der Waals surface area contributed by atoms with Gasteiger partial charge in [-0.1, -0.05) is 6.92 Å². The molecule has 0 radical (unpaired) electrons. The van der Waals surface area contributed by atoms with Gasteiger partial charge in [-0.3, -0.25) is 4.90 Å². The van der Waals surface area contributed by atoms with Gasteiger partial charge in [-0.2, -0.15) is 0 Å². The molecule has 1 aromatic rings. The number of benzene rings is 1. The maximum absolute atomic E-state index is 9.90. The minimum absolute atomic E-state index is 0.0663. The molecule has 106 valence electrons. The summed E-state index contributed by atoms with van der Waals surface area (Å²) in [6.45, 7) is 6.53. The molecule has 0 aromatic heterocycles. The van der Waals surface area contributed by atoms with E-state index in [2.05, 4.69) is 18.7 Å². The van der Waals surface area contributed by atoms with E-state index >= 15 is 0 Å². The van der Waals surface area contributed by atoms with Crippen LogP contribution in [-0.2, 0) is 6.54 Å². The van der Waals surface area contributed by atoms with Gasteiger partial charge in [0.2, 0.25) is 5.75 Å². The Balaban J connectivity index is 2.20. The highest BCUT2D eigenvalue weighted by Crippen LogP contribution is 2.38. The minimum atomic E-state index is 0.0663. The van der Waals surface area contributed by atoms with Gasteiger partial charge in [0, 0.05) is 19.1 Å². The Morgan fingerprint density at radius 2 is 1.79 bits per heavy atom. The monoisotopic (exact) mass is 265 g/mol. The highest BCUT2D eigenvalue weighted by Gasteiger charge is 2.26. The van der Waals surface area contributed by atoms with Gasteiger partial charge in [0.15, 0.2) is 11.5 Å². The molecule has 0 aliphatic carbocycles. The molecular weight excluding hydrogens is 242 g/mol. The van der Waals surface area contributed by atoms with Gasteiger partial charge >= 0.3 is 0 Å². The van der Waals surface area contributed by atoms with Crippen LogP contribution in [0.4, 0.5) is 0 Å². The second-order valence-corrected chi connectivity index (χ2v) is 5.47. The van der Waals surface area contributed by atoms with Gasteiger partial charge in [-0.25, -0.2) is 0 Å². The molecule has 2 atom stereocenters. The Hall–Kier alpha value is -1.42. The maximum atomic E-state index is 9.90. The summed E-state index contributed by atoms with van der Waals surface area (Å²) in [6, 6.07) is 4.36. The van der Waals surface area contributed by atoms with Crippen molar-refractivity contribution >= 4 is 0 Å². The fraction of sp³-hybridized carbons (Fsp3) is 0.600. The van der Waals surface area contributed by atoms with Crippen molar-refractivity contribution in [1.29, 1.82) is 0 Å². The van der Waals surface area contributed by atoms with Crippen molar-refractivity contribution in [3.05, 3.63) is 17.7 Å². The zero-order valence-electron chi connectivity index (χ0n) is 12.1. The fourth-order valence-electron chi connectivity index (χ4n) is 2.88. The number of rotatable bonds is 4. The van der Waals surface area contributed by atoms with Crippen molar-refractivity contribution in [1.82, 2.24) is 4.90 Å². The average Bonchev–Trinajstić information content (AvgIpc) is 2.69. The lowest BCUT2D eigenvalue weighted by atomic mass is 10.1. The van der Waals surface area contributed by atoms with E-state index < -0.39 is 0 Å². The molecule has 2 unspecified atom stereocenters. The maximum Gasteiger partial charge on any atom is 0.200 e. The quantitative estimate of drug-likeness (QED) is 0.908. The molecular formula is C15H23NO3. The normalized spacial score (nSPS) is 23.6. The highest BCUT2D eigenvalue weighted by atomic mass is 16.5. The summed E-state index contributed by atoms with van der Waals surface area (Å²) in [4.78, 5) is 2.45. The van der Waals surface area contributed by atoms with Crippen molar-refractivity contribution in [2.45, 2.75) is 32.9 Å². The first-order chi connectivity index (χ1) is 9.05. The number of nitrogens with zero attached hydrogens (tertiary/aromatic N) is 1. The van der Waals surface area contributed by atoms with Gasteiger partial charge < -0.3 is 14.6 Å². The molecule has 1 aliphatic heterocycles. The Morgan fingerprint density at radius 3 is 2.21 bits per heavy atom. The lowest BCUT2D eigenvalue weighted by Gasteiger charge is -2.22. The summed E-state index contributed by atoms with van der Waals surface area (Å²) >= 11 is 0. The van der Waals surface area contributed by atoms with Crippen molar-refractivity contribution in [3.63, 3.8) is 0 Å². The second-order valence-electron chi connectivity index (χ2n) is 5.47. The molecule has 1 N–H and O–H groups in total. The van der Waals surface area contributed by atoms with Crippen LogP contribution < -0.4 is 9.47 Å². The Morgan fingerprint density at radius 1 is 1.21 bits per heavy atom. The molecule has 0 bridgehead atoms. The number of phenols is 1. The van der Waals surface area contributed by atoms with E-state index in [1.807, 2.05) is 12.1 Å². The highest BCUT2D eigenvalue weighted by molar-refractivity contribution is 5.52. The van der Waals surface area contributed by atoms with Crippen LogP contribution in [0.1, 0.15) is 25.8 Å². The summed E-state index contributed by atoms with van der Waals surface area (Å²) in [6.07, 6.45) is 1.24. The molecule has 1 aliphatic rings. The predicted molar refractivity (Wildman–Crippen MR) is 74.9 cm³/mol. The van der Waals surface area contributed by atoms with Crippen molar-refractivity contribution in [2.24, 2.45) is 5.92 Å². The number of likely N-dealkylation sites (tertiary alicyclic amines) is 1. The third kappa shape index (κ3) is 2.95. The number of hydrogen-bond acceptors (Lipinski definition) is 4. The van der Waals surface area contributed by atoms with Crippen LogP contribution in [0.5, 0.6) is 17.2 Å². The van der Waals surface area contributed by atoms with Crippen LogP contribution in [0.25, 0.3) is 0 Å². The molecule has 1 heterocycles. The van der Waals surface area contributed by atoms with Gasteiger partial charge in [0.1, 0.15) is 0 Å². The van der Waals surface area contributed by atoms with E-state index in [1.165, 1.54) is 6.42 Å². The summed E-state index contributed by atoms with van der Waals surface area (Å²) < 4.78 is 10.4. The molecule has 1 aromatic carbocycles. The van der Waals surface area contributed by atoms with Crippen molar-refractivity contribution in [2.75, 3.05) is 20.8 Å². The summed E-state index contributed by atoms with van der Waals surface area (Å²) in [5, 5.41) is 9.90. The third-order valence-electron chi connectivity index (χ3n) is 3.84. The first-order valence-corrected chi connectivity index (χ1v) is 6.73. The molecule has 1 saturated heterocycles. The Labute approximate surface area is 114 Å². The van der Waals surface area contributed by atoms with E-state index in [9.17, 15) is 5.11 Å². The van der Waals surface area contributed by atoms with Crippen LogP contribution in [-0.4, -0.2) is 36.8 Å². The second kappa shape index (κ2) is 5.70. The lowest BCUT2D eigenvalue weighted by Crippen LogP contribution is -2.26. The SMILES string of the molecule is COc1cc(CN2CC(C)CC2C)cc(OC)c1O. The van der Waals surface area contributed by atoms with E-state index in [0.717, 1.165) is 24.6 Å². The number of hydrogen-bond donors (Lipinski definition) is 1. The van der Waals surface area contributed by atoms with Gasteiger partial charge in [0.05, 0.1) is 14.2 Å². The minimum Gasteiger partial charge on any atom is -0.502 e. The van der Waals surface area contributed by atoms with Gasteiger partial charge in [0.25, 0.3) is 0 Å². The van der Waals surface area contributed by atoms with E-state index in [4.69, 9.17) is 9.47 Å². The smallest absolute Gasteiger partial charge is 0.200 e. The first kappa shape index (κ1) is 14.0. The predicted octanol–water partition coefficient (Wildman–Crippen LogP) is 2.64. The third-order valence-corrected chi connectivity index (χ3v) is 3.84. The molecule has 19 heavy (non-hydrogen) atoms. The number of aromatic hydroxyl groups is 1. The molecule has 0 amide bonds. The zero-order chi connectivity index (χ0) is 14.0. The number of ether oxygens (including phenoxy) is 2. The van der Waals surface area contributed by atoms with E-state index in [0.29, 0.717) is 17.5 Å². The molecule has 0 saturated carbocycles. The summed E-state index contributed by atoms with van der Waals surface area (Å²) in [5.41, 5.74) is 1.10. The molecule has 4 nitrogen and oxygen atoms in total. The summed E-state index contributed by atoms with van der Waals surface area (Å²) in [5.74, 6) is 1.75. The topological polar surface area (TPSA) is 41.9 Å². The molecule has 4 heteroatoms. The molecule has 1 fully saturated rings. The zero-order valence-corrected chi connectivity index (χ0v) is 12.1. The average molecular weight is 265 g/mol. The van der Waals surface area contributed by atoms with Gasteiger partial charge in [-0.15, -0.1) is 0 Å². The lowest BCUT2D eigenvalue weighted by molar-refractivity contribution is 0.255. The van der Waals surface area contributed by atoms with E-state index in [1.54, 1.807) is 14.2 Å². The molecule has 0 spiro atoms. The van der Waals surface area contributed by atoms with Crippen molar-refractivity contribution < 1.29 is 14.6 Å². The summed E-state index contributed by atoms with van der Waals surface area (Å²) in [7, 11) is 3.11. The van der Waals surface area contributed by atoms with Gasteiger partial charge in [-0.05, 0) is 37.0 Å². The van der Waals surface area contributed by atoms with E-state index in [-0.39, 0.29) is 5.75 Å². The van der Waals surface area contributed by atoms with Crippen molar-refractivity contribution in [3.8, 4) is 17.2 Å². The largest absolute Gasteiger partial charge is 0.502 e. The number of phenolic OH excluding ortho intramolecular Hbond substituents is 1. The van der Waals surface area contributed by atoms with Crippen LogP contribution >= 0.6 is 0 Å². The van der Waals surface area contributed by atoms with Crippen LogP contribution in [0.3, 0.4) is 0 Å². The fourth-order valence-corrected chi connectivity index (χ4v) is 2.88. The molecule has 2 rings (SSSR count). The number of methoxy groups -OCH3 is 2. The standard InChI is InChI=1S/C15H23NO3/c1-10-5-11(2)16(8-10)9-12-6-13(18-3)15(17)14(7-12)19-4/h6-7,10-11,17H,5,8-9H2,1-4H3. The van der Waals surface area contributed by atoms with Crippen LogP contribution in [0, 0.1) is 5.92 Å². The van der Waals surface area contributed by atoms with Crippen LogP contribution in [0.15, 0.2) is 12.1 Å². The van der Waals surface area contributed by atoms with Crippen LogP contribution in [0.2, 0.25) is 0 Å². The Kier molecular flexibility index (Phi) is 4.20. The first-order valence-electron chi connectivity index (χ1n) is 6.73. The Bertz CT molecular complexity index is 422.